The highest BCUT2D eigenvalue weighted by atomic mass is 79.9. The molecule has 0 radical (unpaired) electrons. The van der Waals surface area contributed by atoms with Gasteiger partial charge in [-0.25, -0.2) is 13.2 Å². The first-order valence-electron chi connectivity index (χ1n) is 4.63. The van der Waals surface area contributed by atoms with E-state index < -0.39 is 15.8 Å². The van der Waals surface area contributed by atoms with E-state index in [4.69, 9.17) is 9.84 Å². The van der Waals surface area contributed by atoms with Gasteiger partial charge in [0, 0.05) is 11.6 Å². The summed E-state index contributed by atoms with van der Waals surface area (Å²) >= 11 is 3.12. The second kappa shape index (κ2) is 5.61. The molecule has 0 spiro atoms. The zero-order valence-corrected chi connectivity index (χ0v) is 11.4. The zero-order valence-electron chi connectivity index (χ0n) is 9.01. The van der Waals surface area contributed by atoms with Crippen LogP contribution in [-0.4, -0.2) is 39.0 Å². The van der Waals surface area contributed by atoms with Crippen LogP contribution in [0.25, 0.3) is 0 Å². The molecule has 0 unspecified atom stereocenters. The average Bonchev–Trinajstić information content (AvgIpc) is 2.26. The Balaban J connectivity index is 3.28. The van der Waals surface area contributed by atoms with Gasteiger partial charge in [0.05, 0.1) is 22.8 Å². The molecule has 7 heteroatoms. The summed E-state index contributed by atoms with van der Waals surface area (Å²) in [7, 11) is -2.27. The fourth-order valence-corrected chi connectivity index (χ4v) is 3.15. The Morgan fingerprint density at radius 2 is 2.12 bits per heavy atom. The molecule has 0 aliphatic heterocycles. The van der Waals surface area contributed by atoms with Crippen LogP contribution in [0.3, 0.4) is 0 Å². The fourth-order valence-electron chi connectivity index (χ4n) is 1.23. The van der Waals surface area contributed by atoms with E-state index in [-0.39, 0.29) is 22.8 Å². The fraction of sp³-hybridized carbons (Fsp3) is 0.300. The van der Waals surface area contributed by atoms with Crippen LogP contribution in [0, 0.1) is 0 Å². The zero-order chi connectivity index (χ0) is 13.1. The summed E-state index contributed by atoms with van der Waals surface area (Å²) in [5.41, 5.74) is -0.232. The van der Waals surface area contributed by atoms with E-state index in [1.165, 1.54) is 25.3 Å². The Hall–Kier alpha value is -0.920. The number of carboxylic acids is 1. The lowest BCUT2D eigenvalue weighted by atomic mass is 10.2. The molecule has 0 aliphatic rings. The molecule has 0 heterocycles. The number of sulfone groups is 1. The van der Waals surface area contributed by atoms with E-state index in [0.717, 1.165) is 0 Å². The SMILES string of the molecule is COCCS(=O)(=O)c1cc(Br)ccc1C(=O)O. The van der Waals surface area contributed by atoms with Crippen molar-refractivity contribution in [1.82, 2.24) is 0 Å². The predicted molar refractivity (Wildman–Crippen MR) is 65.0 cm³/mol. The molecule has 94 valence electrons. The second-order valence-electron chi connectivity index (χ2n) is 3.26. The van der Waals surface area contributed by atoms with E-state index in [1.807, 2.05) is 0 Å². The maximum absolute atomic E-state index is 11.9. The number of benzene rings is 1. The third-order valence-electron chi connectivity index (χ3n) is 2.07. The molecule has 0 amide bonds. The molecule has 0 fully saturated rings. The molecule has 1 aromatic rings. The van der Waals surface area contributed by atoms with E-state index in [1.54, 1.807) is 0 Å². The number of halogens is 1. The molecule has 1 N–H and O–H groups in total. The van der Waals surface area contributed by atoms with Crippen molar-refractivity contribution in [3.8, 4) is 0 Å². The maximum atomic E-state index is 11.9. The molecular weight excluding hydrogens is 312 g/mol. The van der Waals surface area contributed by atoms with Gasteiger partial charge < -0.3 is 9.84 Å². The normalized spacial score (nSPS) is 11.4. The summed E-state index contributed by atoms with van der Waals surface area (Å²) in [6, 6.07) is 4.03. The number of rotatable bonds is 5. The van der Waals surface area contributed by atoms with Crippen LogP contribution >= 0.6 is 15.9 Å². The number of carboxylic acid groups (broad SMARTS) is 1. The van der Waals surface area contributed by atoms with Gasteiger partial charge >= 0.3 is 5.97 Å². The van der Waals surface area contributed by atoms with Crippen LogP contribution in [0.2, 0.25) is 0 Å². The van der Waals surface area contributed by atoms with Crippen LogP contribution in [0.1, 0.15) is 10.4 Å². The number of hydrogen-bond acceptors (Lipinski definition) is 4. The lowest BCUT2D eigenvalue weighted by Gasteiger charge is -2.07. The number of ether oxygens (including phenoxy) is 1. The number of hydrogen-bond donors (Lipinski definition) is 1. The third-order valence-corrected chi connectivity index (χ3v) is 4.27. The van der Waals surface area contributed by atoms with Crippen LogP contribution in [0.4, 0.5) is 0 Å². The van der Waals surface area contributed by atoms with Gasteiger partial charge in [-0.2, -0.15) is 0 Å². The standard InChI is InChI=1S/C10H11BrO5S/c1-16-4-5-17(14,15)9-6-7(11)2-3-8(9)10(12)13/h2-3,6H,4-5H2,1H3,(H,12,13). The van der Waals surface area contributed by atoms with Crippen molar-refractivity contribution in [2.75, 3.05) is 19.5 Å². The van der Waals surface area contributed by atoms with Gasteiger partial charge in [-0.1, -0.05) is 15.9 Å². The summed E-state index contributed by atoms with van der Waals surface area (Å²) < 4.78 is 29.0. The lowest BCUT2D eigenvalue weighted by molar-refractivity contribution is 0.0692. The third kappa shape index (κ3) is 3.52. The van der Waals surface area contributed by atoms with Gasteiger partial charge in [-0.3, -0.25) is 0 Å². The monoisotopic (exact) mass is 322 g/mol. The Morgan fingerprint density at radius 3 is 2.65 bits per heavy atom. The highest BCUT2D eigenvalue weighted by Crippen LogP contribution is 2.22. The Kier molecular flexibility index (Phi) is 4.67. The van der Waals surface area contributed by atoms with Gasteiger partial charge in [-0.05, 0) is 18.2 Å². The largest absolute Gasteiger partial charge is 0.478 e. The van der Waals surface area contributed by atoms with Crippen molar-refractivity contribution in [2.24, 2.45) is 0 Å². The Labute approximate surface area is 107 Å². The van der Waals surface area contributed by atoms with Gasteiger partial charge in [0.1, 0.15) is 0 Å². The van der Waals surface area contributed by atoms with E-state index in [9.17, 15) is 13.2 Å². The molecular formula is C10H11BrO5S. The summed E-state index contributed by atoms with van der Waals surface area (Å²) in [5.74, 6) is -1.52. The Bertz CT molecular complexity index is 523. The summed E-state index contributed by atoms with van der Waals surface area (Å²) in [6.07, 6.45) is 0. The molecule has 0 aliphatic carbocycles. The molecule has 5 nitrogen and oxygen atoms in total. The lowest BCUT2D eigenvalue weighted by Crippen LogP contribution is -2.15. The number of methoxy groups -OCH3 is 1. The van der Waals surface area contributed by atoms with Crippen molar-refractivity contribution >= 4 is 31.7 Å². The predicted octanol–water partition coefficient (Wildman–Crippen LogP) is 1.57. The van der Waals surface area contributed by atoms with Gasteiger partial charge in [0.2, 0.25) is 0 Å². The first-order valence-corrected chi connectivity index (χ1v) is 7.07. The molecule has 0 aromatic heterocycles. The summed E-state index contributed by atoms with van der Waals surface area (Å²) in [4.78, 5) is 10.7. The van der Waals surface area contributed by atoms with Crippen LogP contribution in [-0.2, 0) is 14.6 Å². The van der Waals surface area contributed by atoms with Crippen molar-refractivity contribution in [2.45, 2.75) is 4.90 Å². The van der Waals surface area contributed by atoms with E-state index in [0.29, 0.717) is 4.47 Å². The Morgan fingerprint density at radius 1 is 1.47 bits per heavy atom. The first-order chi connectivity index (χ1) is 7.88. The minimum atomic E-state index is -3.66. The number of carbonyl (C=O) groups is 1. The van der Waals surface area contributed by atoms with Crippen molar-refractivity contribution in [3.63, 3.8) is 0 Å². The molecule has 1 rings (SSSR count). The van der Waals surface area contributed by atoms with Crippen LogP contribution in [0.15, 0.2) is 27.6 Å². The van der Waals surface area contributed by atoms with E-state index >= 15 is 0 Å². The van der Waals surface area contributed by atoms with E-state index in [2.05, 4.69) is 15.9 Å². The quantitative estimate of drug-likeness (QED) is 0.889. The molecule has 0 bridgehead atoms. The molecule has 0 atom stereocenters. The molecule has 1 aromatic carbocycles. The average molecular weight is 323 g/mol. The smallest absolute Gasteiger partial charge is 0.337 e. The van der Waals surface area contributed by atoms with Crippen molar-refractivity contribution in [1.29, 1.82) is 0 Å². The highest BCUT2D eigenvalue weighted by molar-refractivity contribution is 9.10. The van der Waals surface area contributed by atoms with Gasteiger partial charge in [0.25, 0.3) is 0 Å². The van der Waals surface area contributed by atoms with Gasteiger partial charge in [-0.15, -0.1) is 0 Å². The van der Waals surface area contributed by atoms with Crippen LogP contribution in [0.5, 0.6) is 0 Å². The second-order valence-corrected chi connectivity index (χ2v) is 6.25. The van der Waals surface area contributed by atoms with Crippen molar-refractivity contribution in [3.05, 3.63) is 28.2 Å². The van der Waals surface area contributed by atoms with Crippen LogP contribution < -0.4 is 0 Å². The molecule has 0 saturated heterocycles. The first kappa shape index (κ1) is 14.1. The summed E-state index contributed by atoms with van der Waals surface area (Å²) in [6.45, 7) is 0.0217. The molecule has 0 saturated carbocycles. The minimum Gasteiger partial charge on any atom is -0.478 e. The summed E-state index contributed by atoms with van der Waals surface area (Å²) in [5, 5.41) is 8.93. The molecule has 17 heavy (non-hydrogen) atoms. The topological polar surface area (TPSA) is 80.7 Å². The maximum Gasteiger partial charge on any atom is 0.337 e. The van der Waals surface area contributed by atoms with Crippen molar-refractivity contribution < 1.29 is 23.1 Å². The number of aromatic carboxylic acids is 1. The highest BCUT2D eigenvalue weighted by Gasteiger charge is 2.22. The van der Waals surface area contributed by atoms with Gasteiger partial charge in [0.15, 0.2) is 9.84 Å². The minimum absolute atomic E-state index is 0.0217.